The van der Waals surface area contributed by atoms with Crippen molar-refractivity contribution in [3.63, 3.8) is 0 Å². The van der Waals surface area contributed by atoms with Crippen LogP contribution in [0.3, 0.4) is 0 Å². The summed E-state index contributed by atoms with van der Waals surface area (Å²) in [5.41, 5.74) is 0.764. The molecule has 0 saturated heterocycles. The SMILES string of the molecule is Cc1cc([N+](=O)[O-])ccc1C(=O)N(CCC(=O)O)C(C)C. The summed E-state index contributed by atoms with van der Waals surface area (Å²) in [5, 5.41) is 19.4. The van der Waals surface area contributed by atoms with Crippen LogP contribution >= 0.6 is 0 Å². The summed E-state index contributed by atoms with van der Waals surface area (Å²) in [5.74, 6) is -1.30. The summed E-state index contributed by atoms with van der Waals surface area (Å²) in [6, 6.07) is 3.86. The van der Waals surface area contributed by atoms with Gasteiger partial charge in [-0.15, -0.1) is 0 Å². The number of amides is 1. The summed E-state index contributed by atoms with van der Waals surface area (Å²) in [4.78, 5) is 34.7. The monoisotopic (exact) mass is 294 g/mol. The molecule has 7 heteroatoms. The molecule has 0 saturated carbocycles. The molecule has 1 N–H and O–H groups in total. The zero-order valence-corrected chi connectivity index (χ0v) is 12.2. The van der Waals surface area contributed by atoms with Crippen molar-refractivity contribution >= 4 is 17.6 Å². The average molecular weight is 294 g/mol. The fraction of sp³-hybridized carbons (Fsp3) is 0.429. The highest BCUT2D eigenvalue weighted by molar-refractivity contribution is 5.96. The molecule has 0 aliphatic carbocycles. The van der Waals surface area contributed by atoms with Crippen LogP contribution in [0.4, 0.5) is 5.69 Å². The topological polar surface area (TPSA) is 101 Å². The summed E-state index contributed by atoms with van der Waals surface area (Å²) in [6.45, 7) is 5.30. The van der Waals surface area contributed by atoms with Crippen molar-refractivity contribution in [2.75, 3.05) is 6.54 Å². The van der Waals surface area contributed by atoms with Crippen molar-refractivity contribution in [3.8, 4) is 0 Å². The molecule has 0 bridgehead atoms. The molecule has 0 aromatic heterocycles. The molecule has 0 unspecified atom stereocenters. The highest BCUT2D eigenvalue weighted by Crippen LogP contribution is 2.19. The number of non-ortho nitro benzene ring substituents is 1. The zero-order chi connectivity index (χ0) is 16.2. The number of carbonyl (C=O) groups is 2. The van der Waals surface area contributed by atoms with Crippen molar-refractivity contribution in [1.82, 2.24) is 4.90 Å². The lowest BCUT2D eigenvalue weighted by atomic mass is 10.1. The van der Waals surface area contributed by atoms with Crippen LogP contribution < -0.4 is 0 Å². The minimum Gasteiger partial charge on any atom is -0.481 e. The van der Waals surface area contributed by atoms with Crippen LogP contribution in [-0.4, -0.2) is 39.4 Å². The predicted molar refractivity (Wildman–Crippen MR) is 76.3 cm³/mol. The van der Waals surface area contributed by atoms with Gasteiger partial charge >= 0.3 is 5.97 Å². The molecule has 0 fully saturated rings. The fourth-order valence-corrected chi connectivity index (χ4v) is 1.97. The Labute approximate surface area is 122 Å². The third-order valence-corrected chi connectivity index (χ3v) is 3.10. The normalized spacial score (nSPS) is 10.5. The van der Waals surface area contributed by atoms with Gasteiger partial charge in [0, 0.05) is 30.3 Å². The fourth-order valence-electron chi connectivity index (χ4n) is 1.97. The maximum Gasteiger partial charge on any atom is 0.305 e. The summed E-state index contributed by atoms with van der Waals surface area (Å²) in [6.07, 6.45) is -0.143. The third kappa shape index (κ3) is 4.27. The number of benzene rings is 1. The van der Waals surface area contributed by atoms with Crippen molar-refractivity contribution in [2.45, 2.75) is 33.2 Å². The number of nitro benzene ring substituents is 1. The first-order chi connectivity index (χ1) is 9.73. The van der Waals surface area contributed by atoms with Gasteiger partial charge < -0.3 is 10.0 Å². The van der Waals surface area contributed by atoms with Gasteiger partial charge in [-0.2, -0.15) is 0 Å². The van der Waals surface area contributed by atoms with E-state index < -0.39 is 10.9 Å². The van der Waals surface area contributed by atoms with E-state index in [1.54, 1.807) is 20.8 Å². The first-order valence-electron chi connectivity index (χ1n) is 6.51. The Morgan fingerprint density at radius 1 is 1.38 bits per heavy atom. The lowest BCUT2D eigenvalue weighted by Gasteiger charge is -2.26. The second-order valence-electron chi connectivity index (χ2n) is 4.99. The summed E-state index contributed by atoms with van der Waals surface area (Å²) >= 11 is 0. The molecule has 1 rings (SSSR count). The van der Waals surface area contributed by atoms with E-state index in [4.69, 9.17) is 5.11 Å². The molecule has 0 heterocycles. The number of nitrogens with zero attached hydrogens (tertiary/aromatic N) is 2. The van der Waals surface area contributed by atoms with Crippen molar-refractivity contribution < 1.29 is 19.6 Å². The molecule has 1 aromatic rings. The number of carboxylic acid groups (broad SMARTS) is 1. The van der Waals surface area contributed by atoms with Gasteiger partial charge in [-0.1, -0.05) is 0 Å². The summed E-state index contributed by atoms with van der Waals surface area (Å²) < 4.78 is 0. The number of nitro groups is 1. The van der Waals surface area contributed by atoms with Crippen LogP contribution in [-0.2, 0) is 4.79 Å². The first-order valence-corrected chi connectivity index (χ1v) is 6.51. The highest BCUT2D eigenvalue weighted by Gasteiger charge is 2.22. The highest BCUT2D eigenvalue weighted by atomic mass is 16.6. The number of hydrogen-bond acceptors (Lipinski definition) is 4. The Morgan fingerprint density at radius 3 is 2.43 bits per heavy atom. The van der Waals surface area contributed by atoms with Gasteiger partial charge in [-0.3, -0.25) is 19.7 Å². The number of rotatable bonds is 6. The smallest absolute Gasteiger partial charge is 0.305 e. The second kappa shape index (κ2) is 6.83. The molecule has 0 aliphatic rings. The van der Waals surface area contributed by atoms with Gasteiger partial charge in [0.05, 0.1) is 11.3 Å². The quantitative estimate of drug-likeness (QED) is 0.640. The Bertz CT molecular complexity index is 568. The Balaban J connectivity index is 3.03. The van der Waals surface area contributed by atoms with Crippen LogP contribution in [0.15, 0.2) is 18.2 Å². The molecule has 0 radical (unpaired) electrons. The maximum absolute atomic E-state index is 12.5. The minimum absolute atomic E-state index is 0.0781. The molecule has 7 nitrogen and oxygen atoms in total. The van der Waals surface area contributed by atoms with Crippen molar-refractivity contribution in [3.05, 3.63) is 39.4 Å². The van der Waals surface area contributed by atoms with Gasteiger partial charge in [0.2, 0.25) is 0 Å². The molecule has 0 atom stereocenters. The summed E-state index contributed by atoms with van der Waals surface area (Å²) in [7, 11) is 0. The number of carboxylic acids is 1. The Hall–Kier alpha value is -2.44. The van der Waals surface area contributed by atoms with Crippen LogP contribution in [0.5, 0.6) is 0 Å². The van der Waals surface area contributed by atoms with Crippen LogP contribution in [0, 0.1) is 17.0 Å². The van der Waals surface area contributed by atoms with E-state index in [1.807, 2.05) is 0 Å². The van der Waals surface area contributed by atoms with Crippen LogP contribution in [0.2, 0.25) is 0 Å². The molecule has 1 aromatic carbocycles. The van der Waals surface area contributed by atoms with Crippen LogP contribution in [0.25, 0.3) is 0 Å². The second-order valence-corrected chi connectivity index (χ2v) is 4.99. The van der Waals surface area contributed by atoms with E-state index in [9.17, 15) is 19.7 Å². The molecule has 0 aliphatic heterocycles. The lowest BCUT2D eigenvalue weighted by molar-refractivity contribution is -0.384. The lowest BCUT2D eigenvalue weighted by Crippen LogP contribution is -2.38. The standard InChI is InChI=1S/C14H18N2O5/c1-9(2)15(7-6-13(17)18)14(19)12-5-4-11(16(20)21)8-10(12)3/h4-5,8-9H,6-7H2,1-3H3,(H,17,18). The van der Waals surface area contributed by atoms with E-state index >= 15 is 0 Å². The average Bonchev–Trinajstić information content (AvgIpc) is 2.37. The van der Waals surface area contributed by atoms with Gasteiger partial charge in [0.25, 0.3) is 11.6 Å². The van der Waals surface area contributed by atoms with E-state index in [1.165, 1.54) is 23.1 Å². The van der Waals surface area contributed by atoms with E-state index in [2.05, 4.69) is 0 Å². The Kier molecular flexibility index (Phi) is 5.40. The van der Waals surface area contributed by atoms with Gasteiger partial charge in [-0.25, -0.2) is 0 Å². The Morgan fingerprint density at radius 2 is 2.00 bits per heavy atom. The molecular weight excluding hydrogens is 276 g/mol. The van der Waals surface area contributed by atoms with E-state index in [-0.39, 0.29) is 30.6 Å². The number of aryl methyl sites for hydroxylation is 1. The minimum atomic E-state index is -0.978. The van der Waals surface area contributed by atoms with Crippen molar-refractivity contribution in [2.24, 2.45) is 0 Å². The number of hydrogen-bond donors (Lipinski definition) is 1. The molecule has 21 heavy (non-hydrogen) atoms. The third-order valence-electron chi connectivity index (χ3n) is 3.10. The van der Waals surface area contributed by atoms with E-state index in [0.717, 1.165) is 0 Å². The number of aliphatic carboxylic acids is 1. The maximum atomic E-state index is 12.5. The predicted octanol–water partition coefficient (Wildman–Crippen LogP) is 2.23. The zero-order valence-electron chi connectivity index (χ0n) is 12.2. The molecular formula is C14H18N2O5. The van der Waals surface area contributed by atoms with Crippen LogP contribution in [0.1, 0.15) is 36.2 Å². The van der Waals surface area contributed by atoms with Gasteiger partial charge in [0.15, 0.2) is 0 Å². The first kappa shape index (κ1) is 16.6. The number of carbonyl (C=O) groups excluding carboxylic acids is 1. The largest absolute Gasteiger partial charge is 0.481 e. The molecule has 1 amide bonds. The van der Waals surface area contributed by atoms with Crippen molar-refractivity contribution in [1.29, 1.82) is 0 Å². The van der Waals surface area contributed by atoms with Gasteiger partial charge in [0.1, 0.15) is 0 Å². The van der Waals surface area contributed by atoms with Gasteiger partial charge in [-0.05, 0) is 32.4 Å². The molecule has 114 valence electrons. The molecule has 0 spiro atoms. The van der Waals surface area contributed by atoms with E-state index in [0.29, 0.717) is 11.1 Å².